The summed E-state index contributed by atoms with van der Waals surface area (Å²) < 4.78 is 16.6. The third-order valence-corrected chi connectivity index (χ3v) is 5.81. The van der Waals surface area contributed by atoms with Gasteiger partial charge < -0.3 is 19.5 Å². The predicted molar refractivity (Wildman–Crippen MR) is 113 cm³/mol. The minimum Gasteiger partial charge on any atom is -0.496 e. The molecule has 1 aromatic carbocycles. The minimum atomic E-state index is -0.101. The predicted octanol–water partition coefficient (Wildman–Crippen LogP) is 1.76. The zero-order chi connectivity index (χ0) is 20.2. The lowest BCUT2D eigenvalue weighted by molar-refractivity contribution is -0.123. The number of thiocarbonyl (C=S) groups is 1. The Kier molecular flexibility index (Phi) is 6.44. The molecule has 29 heavy (non-hydrogen) atoms. The first-order chi connectivity index (χ1) is 14.1. The third kappa shape index (κ3) is 4.78. The molecule has 0 saturated carbocycles. The van der Waals surface area contributed by atoms with E-state index < -0.39 is 0 Å². The standard InChI is InChI=1S/C21H27N3O4S/c1-26-19-5-4-15(11-16(19)13-23-6-9-27-10-7-23)12-18-20(25)24(21(29)22-18)14-17-3-2-8-28-17/h4-5,11-12,17H,2-3,6-10,13-14H2,1H3,(H,22,29)/b18-12+. The number of hydrogen-bond acceptors (Lipinski definition) is 6. The first kappa shape index (κ1) is 20.3. The van der Waals surface area contributed by atoms with Gasteiger partial charge >= 0.3 is 0 Å². The zero-order valence-electron chi connectivity index (χ0n) is 16.7. The van der Waals surface area contributed by atoms with Crippen LogP contribution in [-0.2, 0) is 20.8 Å². The fourth-order valence-corrected chi connectivity index (χ4v) is 4.18. The summed E-state index contributed by atoms with van der Waals surface area (Å²) in [5, 5.41) is 3.50. The maximum atomic E-state index is 12.8. The van der Waals surface area contributed by atoms with E-state index in [1.165, 1.54) is 0 Å². The van der Waals surface area contributed by atoms with E-state index in [4.69, 9.17) is 26.4 Å². The molecule has 8 heteroatoms. The molecule has 3 heterocycles. The smallest absolute Gasteiger partial charge is 0.276 e. The number of hydrogen-bond donors (Lipinski definition) is 1. The monoisotopic (exact) mass is 417 g/mol. The molecule has 7 nitrogen and oxygen atoms in total. The number of nitrogens with zero attached hydrogens (tertiary/aromatic N) is 2. The van der Waals surface area contributed by atoms with Crippen LogP contribution in [-0.4, -0.2) is 73.5 Å². The Balaban J connectivity index is 1.50. The summed E-state index contributed by atoms with van der Waals surface area (Å²) >= 11 is 5.38. The number of ether oxygens (including phenoxy) is 3. The largest absolute Gasteiger partial charge is 0.496 e. The van der Waals surface area contributed by atoms with Gasteiger partial charge in [-0.1, -0.05) is 6.07 Å². The molecule has 0 spiro atoms. The van der Waals surface area contributed by atoms with Crippen LogP contribution in [0.4, 0.5) is 0 Å². The number of morpholine rings is 1. The van der Waals surface area contributed by atoms with Gasteiger partial charge in [-0.2, -0.15) is 0 Å². The molecular weight excluding hydrogens is 390 g/mol. The quantitative estimate of drug-likeness (QED) is 0.559. The molecule has 1 aromatic rings. The lowest BCUT2D eigenvalue weighted by atomic mass is 10.1. The highest BCUT2D eigenvalue weighted by molar-refractivity contribution is 7.80. The van der Waals surface area contributed by atoms with Crippen LogP contribution in [0.2, 0.25) is 0 Å². The van der Waals surface area contributed by atoms with Crippen LogP contribution >= 0.6 is 12.2 Å². The maximum absolute atomic E-state index is 12.8. The van der Waals surface area contributed by atoms with Gasteiger partial charge in [-0.15, -0.1) is 0 Å². The number of nitrogens with one attached hydrogen (secondary N) is 1. The third-order valence-electron chi connectivity index (χ3n) is 5.49. The van der Waals surface area contributed by atoms with Crippen LogP contribution in [0, 0.1) is 0 Å². The number of carbonyl (C=O) groups excluding carboxylic acids is 1. The zero-order valence-corrected chi connectivity index (χ0v) is 17.5. The lowest BCUT2D eigenvalue weighted by Gasteiger charge is -2.27. The molecule has 0 radical (unpaired) electrons. The summed E-state index contributed by atoms with van der Waals surface area (Å²) in [6.07, 6.45) is 3.92. The van der Waals surface area contributed by atoms with Crippen LogP contribution < -0.4 is 10.1 Å². The number of benzene rings is 1. The van der Waals surface area contributed by atoms with Gasteiger partial charge in [0.05, 0.1) is 33.0 Å². The van der Waals surface area contributed by atoms with Crippen molar-refractivity contribution in [2.45, 2.75) is 25.5 Å². The van der Waals surface area contributed by atoms with Gasteiger partial charge in [0.15, 0.2) is 5.11 Å². The highest BCUT2D eigenvalue weighted by Crippen LogP contribution is 2.25. The Morgan fingerprint density at radius 3 is 2.86 bits per heavy atom. The van der Waals surface area contributed by atoms with Crippen molar-refractivity contribution in [1.82, 2.24) is 15.1 Å². The van der Waals surface area contributed by atoms with Crippen molar-refractivity contribution in [3.05, 3.63) is 35.0 Å². The second kappa shape index (κ2) is 9.21. The molecular formula is C21H27N3O4S. The SMILES string of the molecule is COc1ccc(/C=C2/NC(=S)N(CC3CCCO3)C2=O)cc1CN1CCOCC1. The fourth-order valence-electron chi connectivity index (χ4n) is 3.91. The van der Waals surface area contributed by atoms with Gasteiger partial charge in [0.2, 0.25) is 0 Å². The van der Waals surface area contributed by atoms with E-state index in [0.717, 1.165) is 69.2 Å². The Labute approximate surface area is 176 Å². The van der Waals surface area contributed by atoms with Gasteiger partial charge in [-0.3, -0.25) is 14.6 Å². The van der Waals surface area contributed by atoms with Crippen LogP contribution in [0.1, 0.15) is 24.0 Å². The normalized spacial score (nSPS) is 24.4. The average Bonchev–Trinajstić information content (AvgIpc) is 3.33. The van der Waals surface area contributed by atoms with Crippen molar-refractivity contribution in [2.75, 3.05) is 46.6 Å². The summed E-state index contributed by atoms with van der Waals surface area (Å²) in [4.78, 5) is 16.8. The van der Waals surface area contributed by atoms with E-state index in [-0.39, 0.29) is 12.0 Å². The molecule has 3 fully saturated rings. The second-order valence-corrected chi connectivity index (χ2v) is 7.89. The molecule has 0 aliphatic carbocycles. The van der Waals surface area contributed by atoms with E-state index in [9.17, 15) is 4.79 Å². The van der Waals surface area contributed by atoms with Crippen LogP contribution in [0.5, 0.6) is 5.75 Å². The molecule has 1 N–H and O–H groups in total. The van der Waals surface area contributed by atoms with Crippen molar-refractivity contribution < 1.29 is 19.0 Å². The molecule has 4 rings (SSSR count). The second-order valence-electron chi connectivity index (χ2n) is 7.50. The van der Waals surface area contributed by atoms with E-state index >= 15 is 0 Å². The van der Waals surface area contributed by atoms with E-state index in [2.05, 4.69) is 16.3 Å². The Morgan fingerprint density at radius 2 is 2.14 bits per heavy atom. The molecule has 3 aliphatic rings. The van der Waals surface area contributed by atoms with Crippen LogP contribution in [0.3, 0.4) is 0 Å². The van der Waals surface area contributed by atoms with Gasteiger partial charge in [0.1, 0.15) is 11.4 Å². The highest BCUT2D eigenvalue weighted by Gasteiger charge is 2.33. The Bertz CT molecular complexity index is 801. The summed E-state index contributed by atoms with van der Waals surface area (Å²) in [7, 11) is 1.68. The van der Waals surface area contributed by atoms with Crippen molar-refractivity contribution in [1.29, 1.82) is 0 Å². The Morgan fingerprint density at radius 1 is 1.31 bits per heavy atom. The number of rotatable bonds is 6. The first-order valence-corrected chi connectivity index (χ1v) is 10.5. The van der Waals surface area contributed by atoms with E-state index in [1.54, 1.807) is 12.0 Å². The lowest BCUT2D eigenvalue weighted by Crippen LogP contribution is -2.37. The molecule has 0 aromatic heterocycles. The van der Waals surface area contributed by atoms with Gasteiger partial charge in [-0.25, -0.2) is 0 Å². The van der Waals surface area contributed by atoms with Gasteiger partial charge in [0, 0.05) is 31.8 Å². The van der Waals surface area contributed by atoms with Crippen molar-refractivity contribution in [2.24, 2.45) is 0 Å². The highest BCUT2D eigenvalue weighted by atomic mass is 32.1. The molecule has 156 valence electrons. The van der Waals surface area contributed by atoms with Crippen LogP contribution in [0.25, 0.3) is 6.08 Å². The summed E-state index contributed by atoms with van der Waals surface area (Å²) in [5.41, 5.74) is 2.52. The first-order valence-electron chi connectivity index (χ1n) is 10.1. The molecule has 0 bridgehead atoms. The Hall–Kier alpha value is -2.00. The van der Waals surface area contributed by atoms with E-state index in [1.807, 2.05) is 18.2 Å². The van der Waals surface area contributed by atoms with Gasteiger partial charge in [0.25, 0.3) is 5.91 Å². The van der Waals surface area contributed by atoms with Crippen molar-refractivity contribution in [3.63, 3.8) is 0 Å². The van der Waals surface area contributed by atoms with Crippen molar-refractivity contribution >= 4 is 29.3 Å². The maximum Gasteiger partial charge on any atom is 0.276 e. The average molecular weight is 418 g/mol. The number of carbonyl (C=O) groups is 1. The van der Waals surface area contributed by atoms with Gasteiger partial charge in [-0.05, 0) is 48.8 Å². The fraction of sp³-hybridized carbons (Fsp3) is 0.524. The summed E-state index contributed by atoms with van der Waals surface area (Å²) in [6, 6.07) is 5.97. The molecule has 1 amide bonds. The molecule has 3 aliphatic heterocycles. The number of amides is 1. The summed E-state index contributed by atoms with van der Waals surface area (Å²) in [6.45, 7) is 5.36. The number of methoxy groups -OCH3 is 1. The molecule has 1 atom stereocenters. The van der Waals surface area contributed by atoms with Crippen LogP contribution in [0.15, 0.2) is 23.9 Å². The molecule has 3 saturated heterocycles. The minimum absolute atomic E-state index is 0.0687. The van der Waals surface area contributed by atoms with Crippen molar-refractivity contribution in [3.8, 4) is 5.75 Å². The van der Waals surface area contributed by atoms with E-state index in [0.29, 0.717) is 17.4 Å². The summed E-state index contributed by atoms with van der Waals surface area (Å²) in [5.74, 6) is 0.746. The topological polar surface area (TPSA) is 63.3 Å². The molecule has 1 unspecified atom stereocenters.